The number of para-hydroxylation sites is 1. The van der Waals surface area contributed by atoms with Crippen LogP contribution < -0.4 is 4.57 Å². The van der Waals surface area contributed by atoms with Crippen LogP contribution in [0.5, 0.6) is 0 Å². The molecule has 0 bridgehead atoms. The summed E-state index contributed by atoms with van der Waals surface area (Å²) in [5.41, 5.74) is 1.24. The van der Waals surface area contributed by atoms with Crippen molar-refractivity contribution in [3.05, 3.63) is 48.5 Å². The quantitative estimate of drug-likeness (QED) is 0.693. The van der Waals surface area contributed by atoms with Gasteiger partial charge >= 0.3 is 0 Å². The topological polar surface area (TPSA) is 8.81 Å². The van der Waals surface area contributed by atoms with Gasteiger partial charge in [0.15, 0.2) is 0 Å². The molecule has 0 atom stereocenters. The van der Waals surface area contributed by atoms with Crippen LogP contribution in [0.3, 0.4) is 0 Å². The number of imidazole rings is 1. The number of aryl methyl sites for hydroxylation is 1. The van der Waals surface area contributed by atoms with Gasteiger partial charge in [0.2, 0.25) is 0 Å². The first-order chi connectivity index (χ1) is 7.83. The van der Waals surface area contributed by atoms with Crippen molar-refractivity contribution in [3.8, 4) is 5.69 Å². The number of unbranched alkanes of at least 4 members (excludes halogenated alkanes) is 1. The Labute approximate surface area is 97.2 Å². The first-order valence-electron chi connectivity index (χ1n) is 5.94. The molecule has 1 aromatic heterocycles. The Hall–Kier alpha value is -1.57. The predicted octanol–water partition coefficient (Wildman–Crippen LogP) is 2.64. The Kier molecular flexibility index (Phi) is 3.40. The molecule has 0 aliphatic carbocycles. The molecule has 0 saturated carbocycles. The van der Waals surface area contributed by atoms with E-state index in [0.717, 1.165) is 6.42 Å². The van der Waals surface area contributed by atoms with Crippen molar-refractivity contribution in [2.24, 2.45) is 7.05 Å². The summed E-state index contributed by atoms with van der Waals surface area (Å²) in [6, 6.07) is 10.5. The molecule has 2 aromatic rings. The van der Waals surface area contributed by atoms with Gasteiger partial charge in [-0.3, -0.25) is 0 Å². The normalized spacial score (nSPS) is 10.6. The maximum absolute atomic E-state index is 2.27. The fraction of sp³-hybridized carbons (Fsp3) is 0.357. The standard InChI is InChI=1S/C14H19N2/c1-3-4-10-14-15(2)11-12-16(14)13-8-6-5-7-9-13/h5-9,11-12H,3-4,10H2,1-2H3/q+1. The highest BCUT2D eigenvalue weighted by Crippen LogP contribution is 2.10. The van der Waals surface area contributed by atoms with Crippen molar-refractivity contribution in [1.82, 2.24) is 4.57 Å². The molecule has 0 radical (unpaired) electrons. The third kappa shape index (κ3) is 2.16. The summed E-state index contributed by atoms with van der Waals surface area (Å²) in [5, 5.41) is 0. The third-order valence-corrected chi connectivity index (χ3v) is 2.91. The minimum atomic E-state index is 1.13. The van der Waals surface area contributed by atoms with Crippen LogP contribution in [0.15, 0.2) is 42.7 Å². The average molecular weight is 215 g/mol. The fourth-order valence-corrected chi connectivity index (χ4v) is 1.96. The number of rotatable bonds is 4. The highest BCUT2D eigenvalue weighted by atomic mass is 15.1. The van der Waals surface area contributed by atoms with Gasteiger partial charge in [0, 0.05) is 6.42 Å². The van der Waals surface area contributed by atoms with Crippen molar-refractivity contribution in [2.45, 2.75) is 26.2 Å². The van der Waals surface area contributed by atoms with Crippen molar-refractivity contribution in [3.63, 3.8) is 0 Å². The molecule has 0 amide bonds. The van der Waals surface area contributed by atoms with E-state index in [2.05, 4.69) is 65.8 Å². The maximum Gasteiger partial charge on any atom is 0.261 e. The Morgan fingerprint density at radius 2 is 1.94 bits per heavy atom. The fourth-order valence-electron chi connectivity index (χ4n) is 1.96. The Morgan fingerprint density at radius 1 is 1.19 bits per heavy atom. The van der Waals surface area contributed by atoms with Crippen LogP contribution in [0.25, 0.3) is 5.69 Å². The molecule has 0 spiro atoms. The zero-order valence-electron chi connectivity index (χ0n) is 10.1. The molecule has 0 aliphatic rings. The van der Waals surface area contributed by atoms with E-state index in [4.69, 9.17) is 0 Å². The molecular formula is C14H19N2+. The van der Waals surface area contributed by atoms with Crippen molar-refractivity contribution in [1.29, 1.82) is 0 Å². The minimum Gasteiger partial charge on any atom is -0.237 e. The molecule has 2 nitrogen and oxygen atoms in total. The Morgan fingerprint density at radius 3 is 2.62 bits per heavy atom. The monoisotopic (exact) mass is 215 g/mol. The molecule has 2 heteroatoms. The number of hydrogen-bond donors (Lipinski definition) is 0. The molecule has 0 N–H and O–H groups in total. The van der Waals surface area contributed by atoms with Crippen LogP contribution in [0.4, 0.5) is 0 Å². The van der Waals surface area contributed by atoms with Gasteiger partial charge in [-0.2, -0.15) is 4.57 Å². The highest BCUT2D eigenvalue weighted by Gasteiger charge is 2.14. The van der Waals surface area contributed by atoms with Crippen LogP contribution in [0.1, 0.15) is 25.6 Å². The van der Waals surface area contributed by atoms with Crippen molar-refractivity contribution in [2.75, 3.05) is 0 Å². The van der Waals surface area contributed by atoms with Crippen LogP contribution in [-0.2, 0) is 13.5 Å². The van der Waals surface area contributed by atoms with E-state index < -0.39 is 0 Å². The molecule has 84 valence electrons. The predicted molar refractivity (Wildman–Crippen MR) is 65.6 cm³/mol. The molecule has 0 saturated heterocycles. The van der Waals surface area contributed by atoms with Crippen LogP contribution >= 0.6 is 0 Å². The summed E-state index contributed by atoms with van der Waals surface area (Å²) in [7, 11) is 2.12. The lowest BCUT2D eigenvalue weighted by atomic mass is 10.2. The van der Waals surface area contributed by atoms with E-state index in [1.165, 1.54) is 24.4 Å². The van der Waals surface area contributed by atoms with Gasteiger partial charge < -0.3 is 0 Å². The number of aromatic nitrogens is 2. The van der Waals surface area contributed by atoms with Crippen LogP contribution in [-0.4, -0.2) is 4.57 Å². The van der Waals surface area contributed by atoms with Crippen LogP contribution in [0.2, 0.25) is 0 Å². The first kappa shape index (κ1) is 10.9. The lowest BCUT2D eigenvalue weighted by Gasteiger charge is -2.01. The lowest BCUT2D eigenvalue weighted by molar-refractivity contribution is -0.678. The minimum absolute atomic E-state index is 1.13. The molecule has 1 aromatic carbocycles. The first-order valence-corrected chi connectivity index (χ1v) is 5.94. The van der Waals surface area contributed by atoms with Gasteiger partial charge in [-0.25, -0.2) is 4.57 Å². The van der Waals surface area contributed by atoms with Gasteiger partial charge in [-0.15, -0.1) is 0 Å². The van der Waals surface area contributed by atoms with Crippen molar-refractivity contribution >= 4 is 0 Å². The largest absolute Gasteiger partial charge is 0.261 e. The average Bonchev–Trinajstić information content (AvgIpc) is 2.69. The Bertz CT molecular complexity index is 443. The highest BCUT2D eigenvalue weighted by molar-refractivity contribution is 5.31. The van der Waals surface area contributed by atoms with Crippen molar-refractivity contribution < 1.29 is 4.57 Å². The molecule has 0 unspecified atom stereocenters. The summed E-state index contributed by atoms with van der Waals surface area (Å²) < 4.78 is 4.48. The number of nitrogens with zero attached hydrogens (tertiary/aromatic N) is 2. The van der Waals surface area contributed by atoms with Gasteiger partial charge in [0.25, 0.3) is 5.82 Å². The molecule has 16 heavy (non-hydrogen) atoms. The maximum atomic E-state index is 2.27. The zero-order valence-corrected chi connectivity index (χ0v) is 10.1. The van der Waals surface area contributed by atoms with E-state index in [-0.39, 0.29) is 0 Å². The summed E-state index contributed by atoms with van der Waals surface area (Å²) in [5.74, 6) is 1.37. The number of benzene rings is 1. The van der Waals surface area contributed by atoms with Gasteiger partial charge in [0.05, 0.1) is 7.05 Å². The van der Waals surface area contributed by atoms with E-state index in [0.29, 0.717) is 0 Å². The van der Waals surface area contributed by atoms with E-state index in [9.17, 15) is 0 Å². The second kappa shape index (κ2) is 4.97. The molecule has 1 heterocycles. The van der Waals surface area contributed by atoms with E-state index >= 15 is 0 Å². The number of hydrogen-bond acceptors (Lipinski definition) is 0. The van der Waals surface area contributed by atoms with Gasteiger partial charge in [-0.05, 0) is 18.6 Å². The Balaban J connectivity index is 2.34. The van der Waals surface area contributed by atoms with Gasteiger partial charge in [0.1, 0.15) is 18.1 Å². The summed E-state index contributed by atoms with van der Waals surface area (Å²) >= 11 is 0. The van der Waals surface area contributed by atoms with E-state index in [1.54, 1.807) is 0 Å². The third-order valence-electron chi connectivity index (χ3n) is 2.91. The second-order valence-corrected chi connectivity index (χ2v) is 4.13. The molecule has 2 rings (SSSR count). The van der Waals surface area contributed by atoms with E-state index in [1.807, 2.05) is 0 Å². The van der Waals surface area contributed by atoms with Gasteiger partial charge in [-0.1, -0.05) is 31.5 Å². The second-order valence-electron chi connectivity index (χ2n) is 4.13. The summed E-state index contributed by atoms with van der Waals surface area (Å²) in [6.07, 6.45) is 7.87. The summed E-state index contributed by atoms with van der Waals surface area (Å²) in [4.78, 5) is 0. The summed E-state index contributed by atoms with van der Waals surface area (Å²) in [6.45, 7) is 2.23. The molecule has 0 fully saturated rings. The smallest absolute Gasteiger partial charge is 0.237 e. The lowest BCUT2D eigenvalue weighted by Crippen LogP contribution is -2.31. The molecular weight excluding hydrogens is 196 g/mol. The van der Waals surface area contributed by atoms with Crippen LogP contribution in [0, 0.1) is 0 Å². The molecule has 0 aliphatic heterocycles. The SMILES string of the molecule is CCCCc1n(-c2ccccc2)cc[n+]1C. The zero-order chi connectivity index (χ0) is 11.4.